The molecule has 0 aliphatic heterocycles. The van der Waals surface area contributed by atoms with Crippen molar-refractivity contribution in [1.82, 2.24) is 5.32 Å². The van der Waals surface area contributed by atoms with E-state index in [1.807, 2.05) is 0 Å². The van der Waals surface area contributed by atoms with Gasteiger partial charge in [-0.25, -0.2) is 0 Å². The summed E-state index contributed by atoms with van der Waals surface area (Å²) in [4.78, 5) is 0. The van der Waals surface area contributed by atoms with Gasteiger partial charge in [-0.3, -0.25) is 4.39 Å². The minimum atomic E-state index is -0.269. The first-order valence-corrected chi connectivity index (χ1v) is 4.25. The van der Waals surface area contributed by atoms with E-state index >= 15 is 0 Å². The molecule has 66 valence electrons. The maximum Gasteiger partial charge on any atom is 0.0906 e. The van der Waals surface area contributed by atoms with Crippen LogP contribution in [-0.2, 0) is 0 Å². The average molecular weight is 161 g/mol. The third-order valence-corrected chi connectivity index (χ3v) is 2.42. The van der Waals surface area contributed by atoms with Crippen molar-refractivity contribution in [3.05, 3.63) is 0 Å². The Balaban J connectivity index is 2.11. The Morgan fingerprint density at radius 2 is 2.18 bits per heavy atom. The number of nitrogens with one attached hydrogen (secondary N) is 1. The normalized spacial score (nSPS) is 21.3. The molecule has 1 aliphatic rings. The molecule has 1 aliphatic carbocycles. The molecule has 3 heteroatoms. The topological polar surface area (TPSA) is 32.3 Å². The highest BCUT2D eigenvalue weighted by molar-refractivity contribution is 4.95. The van der Waals surface area contributed by atoms with Gasteiger partial charge in [0.25, 0.3) is 0 Å². The molecule has 1 fully saturated rings. The summed E-state index contributed by atoms with van der Waals surface area (Å²) in [5.74, 6) is 0. The van der Waals surface area contributed by atoms with Crippen LogP contribution in [0.25, 0.3) is 0 Å². The summed E-state index contributed by atoms with van der Waals surface area (Å²) in [6.07, 6.45) is 3.82. The Morgan fingerprint density at radius 3 is 2.55 bits per heavy atom. The molecule has 0 aromatic heterocycles. The molecule has 0 spiro atoms. The standard InChI is InChI=1S/C8H16FNO/c9-5-2-6-10-8(7-11)3-1-4-8/h10-11H,1-7H2. The van der Waals surface area contributed by atoms with Crippen LogP contribution < -0.4 is 5.32 Å². The van der Waals surface area contributed by atoms with E-state index in [0.29, 0.717) is 13.0 Å². The van der Waals surface area contributed by atoms with Gasteiger partial charge in [0.1, 0.15) is 0 Å². The highest BCUT2D eigenvalue weighted by Crippen LogP contribution is 2.30. The predicted octanol–water partition coefficient (Wildman–Crippen LogP) is 0.851. The molecule has 2 nitrogen and oxygen atoms in total. The zero-order valence-electron chi connectivity index (χ0n) is 6.77. The summed E-state index contributed by atoms with van der Waals surface area (Å²) in [7, 11) is 0. The Hall–Kier alpha value is -0.150. The van der Waals surface area contributed by atoms with E-state index in [1.54, 1.807) is 0 Å². The molecule has 0 unspecified atom stereocenters. The Labute approximate surface area is 66.8 Å². The van der Waals surface area contributed by atoms with Crippen LogP contribution in [0.3, 0.4) is 0 Å². The third-order valence-electron chi connectivity index (χ3n) is 2.42. The van der Waals surface area contributed by atoms with Gasteiger partial charge in [0, 0.05) is 5.54 Å². The molecule has 1 saturated carbocycles. The van der Waals surface area contributed by atoms with Gasteiger partial charge in [-0.1, -0.05) is 0 Å². The van der Waals surface area contributed by atoms with E-state index in [-0.39, 0.29) is 18.8 Å². The summed E-state index contributed by atoms with van der Waals surface area (Å²) in [6.45, 7) is 0.616. The van der Waals surface area contributed by atoms with Gasteiger partial charge in [-0.15, -0.1) is 0 Å². The summed E-state index contributed by atoms with van der Waals surface area (Å²) >= 11 is 0. The van der Waals surface area contributed by atoms with Crippen LogP contribution in [0.15, 0.2) is 0 Å². The molecule has 11 heavy (non-hydrogen) atoms. The van der Waals surface area contributed by atoms with Gasteiger partial charge >= 0.3 is 0 Å². The van der Waals surface area contributed by atoms with Crippen LogP contribution >= 0.6 is 0 Å². The lowest BCUT2D eigenvalue weighted by molar-refractivity contribution is 0.0883. The lowest BCUT2D eigenvalue weighted by atomic mass is 9.77. The zero-order valence-corrected chi connectivity index (χ0v) is 6.77. The smallest absolute Gasteiger partial charge is 0.0906 e. The van der Waals surface area contributed by atoms with Gasteiger partial charge in [0.2, 0.25) is 0 Å². The Bertz CT molecular complexity index is 109. The van der Waals surface area contributed by atoms with E-state index < -0.39 is 0 Å². The van der Waals surface area contributed by atoms with Crippen molar-refractivity contribution >= 4 is 0 Å². The van der Waals surface area contributed by atoms with E-state index in [9.17, 15) is 4.39 Å². The van der Waals surface area contributed by atoms with Crippen molar-refractivity contribution in [2.45, 2.75) is 31.2 Å². The molecular weight excluding hydrogens is 145 g/mol. The van der Waals surface area contributed by atoms with Gasteiger partial charge < -0.3 is 10.4 Å². The molecule has 0 saturated heterocycles. The molecule has 0 amide bonds. The van der Waals surface area contributed by atoms with Crippen molar-refractivity contribution in [1.29, 1.82) is 0 Å². The average Bonchev–Trinajstić information content (AvgIpc) is 1.95. The molecule has 0 aromatic rings. The number of hydrogen-bond acceptors (Lipinski definition) is 2. The lowest BCUT2D eigenvalue weighted by Gasteiger charge is -2.41. The summed E-state index contributed by atoms with van der Waals surface area (Å²) in [6, 6.07) is 0. The monoisotopic (exact) mass is 161 g/mol. The fraction of sp³-hybridized carbons (Fsp3) is 1.00. The fourth-order valence-corrected chi connectivity index (χ4v) is 1.41. The lowest BCUT2D eigenvalue weighted by Crippen LogP contribution is -2.54. The fourth-order valence-electron chi connectivity index (χ4n) is 1.41. The van der Waals surface area contributed by atoms with Gasteiger partial charge in [-0.2, -0.15) is 0 Å². The number of halogens is 1. The van der Waals surface area contributed by atoms with Gasteiger partial charge in [0.15, 0.2) is 0 Å². The van der Waals surface area contributed by atoms with Crippen molar-refractivity contribution < 1.29 is 9.50 Å². The molecule has 1 rings (SSSR count). The highest BCUT2D eigenvalue weighted by atomic mass is 19.1. The number of rotatable bonds is 5. The van der Waals surface area contributed by atoms with E-state index in [2.05, 4.69) is 5.32 Å². The second-order valence-corrected chi connectivity index (χ2v) is 3.26. The third kappa shape index (κ3) is 2.14. The Morgan fingerprint density at radius 1 is 1.45 bits per heavy atom. The van der Waals surface area contributed by atoms with Crippen LogP contribution in [0, 0.1) is 0 Å². The second kappa shape index (κ2) is 4.02. The maximum atomic E-state index is 11.7. The summed E-state index contributed by atoms with van der Waals surface area (Å²) in [5.41, 5.74) is -0.0465. The molecule has 0 aromatic carbocycles. The van der Waals surface area contributed by atoms with Crippen molar-refractivity contribution in [2.75, 3.05) is 19.8 Å². The minimum Gasteiger partial charge on any atom is -0.394 e. The van der Waals surface area contributed by atoms with Crippen molar-refractivity contribution in [3.8, 4) is 0 Å². The number of aliphatic hydroxyl groups is 1. The van der Waals surface area contributed by atoms with Crippen LogP contribution in [0.4, 0.5) is 4.39 Å². The first-order valence-electron chi connectivity index (χ1n) is 4.25. The summed E-state index contributed by atoms with van der Waals surface area (Å²) in [5, 5.41) is 12.2. The highest BCUT2D eigenvalue weighted by Gasteiger charge is 2.35. The molecule has 0 heterocycles. The second-order valence-electron chi connectivity index (χ2n) is 3.26. The predicted molar refractivity (Wildman–Crippen MR) is 42.3 cm³/mol. The van der Waals surface area contributed by atoms with Crippen molar-refractivity contribution in [3.63, 3.8) is 0 Å². The van der Waals surface area contributed by atoms with Gasteiger partial charge in [0.05, 0.1) is 13.3 Å². The van der Waals surface area contributed by atoms with Gasteiger partial charge in [-0.05, 0) is 32.2 Å². The molecular formula is C8H16FNO. The zero-order chi connectivity index (χ0) is 8.16. The van der Waals surface area contributed by atoms with Crippen LogP contribution in [0.1, 0.15) is 25.7 Å². The quantitative estimate of drug-likeness (QED) is 0.586. The number of alkyl halides is 1. The SMILES string of the molecule is OCC1(NCCCF)CCC1. The van der Waals surface area contributed by atoms with E-state index in [0.717, 1.165) is 12.8 Å². The number of aliphatic hydroxyl groups excluding tert-OH is 1. The van der Waals surface area contributed by atoms with Crippen molar-refractivity contribution in [2.24, 2.45) is 0 Å². The van der Waals surface area contributed by atoms with Crippen LogP contribution in [-0.4, -0.2) is 30.5 Å². The first kappa shape index (κ1) is 8.94. The van der Waals surface area contributed by atoms with E-state index in [4.69, 9.17) is 5.11 Å². The number of hydrogen-bond donors (Lipinski definition) is 2. The summed E-state index contributed by atoms with van der Waals surface area (Å²) < 4.78 is 11.7. The molecule has 2 N–H and O–H groups in total. The van der Waals surface area contributed by atoms with E-state index in [1.165, 1.54) is 6.42 Å². The van der Waals surface area contributed by atoms with Crippen LogP contribution in [0.2, 0.25) is 0 Å². The van der Waals surface area contributed by atoms with Crippen LogP contribution in [0.5, 0.6) is 0 Å². The molecule has 0 radical (unpaired) electrons. The Kier molecular flexibility index (Phi) is 3.27. The molecule has 0 bridgehead atoms. The molecule has 0 atom stereocenters. The minimum absolute atomic E-state index is 0.0465. The maximum absolute atomic E-state index is 11.7. The largest absolute Gasteiger partial charge is 0.394 e. The first-order chi connectivity index (χ1) is 5.33.